The maximum Gasteiger partial charge on any atom is 0.211 e. The van der Waals surface area contributed by atoms with E-state index in [1.165, 1.54) is 10.6 Å². The SMILES string of the molecule is CCN(CCCNc1ncc(C)cc1N)S(C)(=O)=O. The number of aromatic nitrogens is 1. The molecule has 0 atom stereocenters. The van der Waals surface area contributed by atoms with Gasteiger partial charge in [-0.1, -0.05) is 6.92 Å². The van der Waals surface area contributed by atoms with Gasteiger partial charge in [0.25, 0.3) is 0 Å². The fourth-order valence-corrected chi connectivity index (χ4v) is 2.69. The molecule has 0 saturated carbocycles. The molecule has 7 heteroatoms. The van der Waals surface area contributed by atoms with E-state index in [0.29, 0.717) is 37.6 Å². The highest BCUT2D eigenvalue weighted by Gasteiger charge is 2.13. The molecule has 19 heavy (non-hydrogen) atoms. The highest BCUT2D eigenvalue weighted by atomic mass is 32.2. The van der Waals surface area contributed by atoms with Crippen LogP contribution < -0.4 is 11.1 Å². The molecule has 0 bridgehead atoms. The summed E-state index contributed by atoms with van der Waals surface area (Å²) in [4.78, 5) is 4.20. The van der Waals surface area contributed by atoms with Gasteiger partial charge in [0.15, 0.2) is 0 Å². The van der Waals surface area contributed by atoms with Gasteiger partial charge in [0, 0.05) is 25.8 Å². The fraction of sp³-hybridized carbons (Fsp3) is 0.583. The van der Waals surface area contributed by atoms with E-state index in [1.54, 1.807) is 6.20 Å². The fourth-order valence-electron chi connectivity index (χ4n) is 1.76. The van der Waals surface area contributed by atoms with Crippen LogP contribution in [0.2, 0.25) is 0 Å². The van der Waals surface area contributed by atoms with Crippen LogP contribution in [0.5, 0.6) is 0 Å². The minimum atomic E-state index is -3.11. The highest BCUT2D eigenvalue weighted by molar-refractivity contribution is 7.88. The Balaban J connectivity index is 2.42. The van der Waals surface area contributed by atoms with Crippen molar-refractivity contribution in [1.82, 2.24) is 9.29 Å². The van der Waals surface area contributed by atoms with E-state index in [2.05, 4.69) is 10.3 Å². The first-order chi connectivity index (χ1) is 8.84. The molecule has 1 aromatic heterocycles. The van der Waals surface area contributed by atoms with E-state index >= 15 is 0 Å². The van der Waals surface area contributed by atoms with E-state index in [9.17, 15) is 8.42 Å². The van der Waals surface area contributed by atoms with Crippen LogP contribution in [0.3, 0.4) is 0 Å². The Kier molecular flexibility index (Phi) is 5.56. The molecular weight excluding hydrogens is 264 g/mol. The molecule has 6 nitrogen and oxygen atoms in total. The van der Waals surface area contributed by atoms with Crippen molar-refractivity contribution in [2.75, 3.05) is 36.9 Å². The van der Waals surface area contributed by atoms with E-state index in [0.717, 1.165) is 5.56 Å². The van der Waals surface area contributed by atoms with Gasteiger partial charge in [-0.25, -0.2) is 17.7 Å². The van der Waals surface area contributed by atoms with Crippen LogP contribution in [0.4, 0.5) is 11.5 Å². The Labute approximate surface area is 115 Å². The monoisotopic (exact) mass is 286 g/mol. The number of nitrogens with one attached hydrogen (secondary N) is 1. The zero-order valence-corrected chi connectivity index (χ0v) is 12.5. The average molecular weight is 286 g/mol. The molecule has 0 aliphatic rings. The maximum atomic E-state index is 11.4. The van der Waals surface area contributed by atoms with Crippen molar-refractivity contribution in [3.05, 3.63) is 17.8 Å². The molecule has 0 radical (unpaired) electrons. The number of aryl methyl sites for hydroxylation is 1. The molecule has 0 unspecified atom stereocenters. The molecule has 0 aromatic carbocycles. The molecule has 3 N–H and O–H groups in total. The van der Waals surface area contributed by atoms with Crippen molar-refractivity contribution in [2.45, 2.75) is 20.3 Å². The van der Waals surface area contributed by atoms with Gasteiger partial charge in [-0.2, -0.15) is 0 Å². The van der Waals surface area contributed by atoms with Gasteiger partial charge in [0.1, 0.15) is 5.82 Å². The summed E-state index contributed by atoms with van der Waals surface area (Å²) in [6.45, 7) is 5.37. The number of pyridine rings is 1. The molecule has 0 spiro atoms. The second-order valence-electron chi connectivity index (χ2n) is 4.49. The first-order valence-electron chi connectivity index (χ1n) is 6.25. The molecule has 1 rings (SSSR count). The topological polar surface area (TPSA) is 88.3 Å². The predicted molar refractivity (Wildman–Crippen MR) is 78.6 cm³/mol. The van der Waals surface area contributed by atoms with Crippen molar-refractivity contribution in [1.29, 1.82) is 0 Å². The molecule has 108 valence electrons. The zero-order chi connectivity index (χ0) is 14.5. The standard InChI is InChI=1S/C12H22N4O2S/c1-4-16(19(3,17)18)7-5-6-14-12-11(13)8-10(2)9-15-12/h8-9H,4-7,13H2,1-3H3,(H,14,15). The van der Waals surface area contributed by atoms with Crippen LogP contribution in [0.15, 0.2) is 12.3 Å². The van der Waals surface area contributed by atoms with Crippen molar-refractivity contribution < 1.29 is 8.42 Å². The van der Waals surface area contributed by atoms with Gasteiger partial charge in [-0.15, -0.1) is 0 Å². The Bertz CT molecular complexity index is 516. The summed E-state index contributed by atoms with van der Waals surface area (Å²) in [6.07, 6.45) is 3.67. The maximum absolute atomic E-state index is 11.4. The first-order valence-corrected chi connectivity index (χ1v) is 8.10. The lowest BCUT2D eigenvalue weighted by molar-refractivity contribution is 0.428. The normalized spacial score (nSPS) is 11.8. The van der Waals surface area contributed by atoms with Crippen LogP contribution in [-0.4, -0.2) is 43.6 Å². The Morgan fingerprint density at radius 1 is 1.47 bits per heavy atom. The Morgan fingerprint density at radius 2 is 2.16 bits per heavy atom. The smallest absolute Gasteiger partial charge is 0.211 e. The quantitative estimate of drug-likeness (QED) is 0.732. The summed E-state index contributed by atoms with van der Waals surface area (Å²) in [5.41, 5.74) is 7.45. The Hall–Kier alpha value is -1.34. The number of nitrogens with zero attached hydrogens (tertiary/aromatic N) is 2. The van der Waals surface area contributed by atoms with Crippen LogP contribution in [0.1, 0.15) is 18.9 Å². The van der Waals surface area contributed by atoms with E-state index in [-0.39, 0.29) is 0 Å². The minimum Gasteiger partial charge on any atom is -0.396 e. The van der Waals surface area contributed by atoms with Gasteiger partial charge in [-0.3, -0.25) is 0 Å². The van der Waals surface area contributed by atoms with E-state index in [4.69, 9.17) is 5.73 Å². The third kappa shape index (κ3) is 5.04. The molecule has 0 fully saturated rings. The predicted octanol–water partition coefficient (Wildman–Crippen LogP) is 1.06. The van der Waals surface area contributed by atoms with Gasteiger partial charge in [0.2, 0.25) is 10.0 Å². The van der Waals surface area contributed by atoms with Crippen molar-refractivity contribution in [3.63, 3.8) is 0 Å². The summed E-state index contributed by atoms with van der Waals surface area (Å²) in [5.74, 6) is 0.646. The molecule has 0 aliphatic carbocycles. The first kappa shape index (κ1) is 15.7. The van der Waals surface area contributed by atoms with Crippen LogP contribution >= 0.6 is 0 Å². The van der Waals surface area contributed by atoms with E-state index in [1.807, 2.05) is 19.9 Å². The summed E-state index contributed by atoms with van der Waals surface area (Å²) in [7, 11) is -3.11. The van der Waals surface area contributed by atoms with Gasteiger partial charge < -0.3 is 11.1 Å². The molecule has 1 heterocycles. The molecular formula is C12H22N4O2S. The largest absolute Gasteiger partial charge is 0.396 e. The lowest BCUT2D eigenvalue weighted by Crippen LogP contribution is -2.31. The average Bonchev–Trinajstić information content (AvgIpc) is 2.29. The van der Waals surface area contributed by atoms with Crippen molar-refractivity contribution in [2.24, 2.45) is 0 Å². The number of hydrogen-bond donors (Lipinski definition) is 2. The van der Waals surface area contributed by atoms with Crippen molar-refractivity contribution >= 4 is 21.5 Å². The summed E-state index contributed by atoms with van der Waals surface area (Å²) < 4.78 is 24.2. The summed E-state index contributed by atoms with van der Waals surface area (Å²) in [5, 5.41) is 3.11. The van der Waals surface area contributed by atoms with Crippen LogP contribution in [0.25, 0.3) is 0 Å². The highest BCUT2D eigenvalue weighted by Crippen LogP contribution is 2.15. The lowest BCUT2D eigenvalue weighted by atomic mass is 10.3. The second-order valence-corrected chi connectivity index (χ2v) is 6.47. The van der Waals surface area contributed by atoms with Gasteiger partial charge >= 0.3 is 0 Å². The third-order valence-electron chi connectivity index (χ3n) is 2.75. The van der Waals surface area contributed by atoms with Gasteiger partial charge in [0.05, 0.1) is 11.9 Å². The number of sulfonamides is 1. The number of nitrogens with two attached hydrogens (primary N) is 1. The summed E-state index contributed by atoms with van der Waals surface area (Å²) in [6, 6.07) is 1.85. The number of rotatable bonds is 7. The Morgan fingerprint density at radius 3 is 2.68 bits per heavy atom. The molecule has 0 aliphatic heterocycles. The molecule has 0 saturated heterocycles. The molecule has 1 aromatic rings. The van der Waals surface area contributed by atoms with Gasteiger partial charge in [-0.05, 0) is 25.0 Å². The van der Waals surface area contributed by atoms with Crippen LogP contribution in [-0.2, 0) is 10.0 Å². The number of hydrogen-bond acceptors (Lipinski definition) is 5. The lowest BCUT2D eigenvalue weighted by Gasteiger charge is -2.17. The second kappa shape index (κ2) is 6.72. The number of anilines is 2. The van der Waals surface area contributed by atoms with E-state index < -0.39 is 10.0 Å². The number of nitrogen functional groups attached to an aromatic ring is 1. The summed E-state index contributed by atoms with van der Waals surface area (Å²) >= 11 is 0. The van der Waals surface area contributed by atoms with Crippen LogP contribution in [0, 0.1) is 6.92 Å². The minimum absolute atomic E-state index is 0.490. The third-order valence-corrected chi connectivity index (χ3v) is 4.13. The van der Waals surface area contributed by atoms with Crippen molar-refractivity contribution in [3.8, 4) is 0 Å². The zero-order valence-electron chi connectivity index (χ0n) is 11.7. The molecule has 0 amide bonds.